The molecule has 2 nitrogen and oxygen atoms in total. The first-order valence-corrected chi connectivity index (χ1v) is 4.84. The van der Waals surface area contributed by atoms with Crippen LogP contribution < -0.4 is 0 Å². The molecule has 0 aromatic carbocycles. The molecule has 0 amide bonds. The van der Waals surface area contributed by atoms with Crippen molar-refractivity contribution in [2.45, 2.75) is 33.1 Å². The van der Waals surface area contributed by atoms with E-state index in [1.54, 1.807) is 0 Å². The number of hydrogen-bond acceptors (Lipinski definition) is 1. The molecule has 2 atom stereocenters. The van der Waals surface area contributed by atoms with E-state index in [2.05, 4.69) is 20.4 Å². The summed E-state index contributed by atoms with van der Waals surface area (Å²) in [4.78, 5) is 11.2. The van der Waals surface area contributed by atoms with Crippen LogP contribution in [-0.4, -0.2) is 11.1 Å². The third-order valence-corrected chi connectivity index (χ3v) is 4.30. The van der Waals surface area contributed by atoms with E-state index in [1.165, 1.54) is 0 Å². The summed E-state index contributed by atoms with van der Waals surface area (Å²) in [6.07, 6.45) is 2.67. The fraction of sp³-hybridized carbons (Fsp3) is 0.727. The van der Waals surface area contributed by atoms with Gasteiger partial charge in [0.1, 0.15) is 0 Å². The van der Waals surface area contributed by atoms with Crippen molar-refractivity contribution in [3.63, 3.8) is 0 Å². The first-order valence-electron chi connectivity index (χ1n) is 4.84. The lowest BCUT2D eigenvalue weighted by atomic mass is 9.68. The van der Waals surface area contributed by atoms with E-state index in [0.717, 1.165) is 24.8 Å². The Kier molecular flexibility index (Phi) is 1.47. The Morgan fingerprint density at radius 3 is 2.54 bits per heavy atom. The Morgan fingerprint density at radius 1 is 1.62 bits per heavy atom. The molecule has 13 heavy (non-hydrogen) atoms. The Morgan fingerprint density at radius 2 is 2.23 bits per heavy atom. The topological polar surface area (TPSA) is 37.3 Å². The van der Waals surface area contributed by atoms with Gasteiger partial charge < -0.3 is 5.11 Å². The molecule has 2 saturated carbocycles. The van der Waals surface area contributed by atoms with Gasteiger partial charge in [0.2, 0.25) is 0 Å². The highest BCUT2D eigenvalue weighted by Gasteiger charge is 2.61. The van der Waals surface area contributed by atoms with E-state index < -0.39 is 11.4 Å². The van der Waals surface area contributed by atoms with Gasteiger partial charge in [0.25, 0.3) is 0 Å². The zero-order chi connectivity index (χ0) is 9.85. The Labute approximate surface area is 78.6 Å². The van der Waals surface area contributed by atoms with E-state index in [-0.39, 0.29) is 5.41 Å². The molecule has 2 aliphatic carbocycles. The average molecular weight is 180 g/mol. The van der Waals surface area contributed by atoms with Crippen LogP contribution in [0.15, 0.2) is 12.2 Å². The van der Waals surface area contributed by atoms with E-state index in [9.17, 15) is 9.90 Å². The molecule has 72 valence electrons. The van der Waals surface area contributed by atoms with Gasteiger partial charge in [0.05, 0.1) is 5.41 Å². The minimum Gasteiger partial charge on any atom is -0.481 e. The van der Waals surface area contributed by atoms with Gasteiger partial charge in [0.15, 0.2) is 0 Å². The highest BCUT2D eigenvalue weighted by Crippen LogP contribution is 2.65. The lowest BCUT2D eigenvalue weighted by Gasteiger charge is -2.35. The predicted molar refractivity (Wildman–Crippen MR) is 50.3 cm³/mol. The van der Waals surface area contributed by atoms with Crippen LogP contribution in [0.1, 0.15) is 33.1 Å². The van der Waals surface area contributed by atoms with Crippen LogP contribution in [0, 0.1) is 16.7 Å². The second-order valence-electron chi connectivity index (χ2n) is 5.03. The molecular formula is C11H16O2. The van der Waals surface area contributed by atoms with Crippen LogP contribution >= 0.6 is 0 Å². The summed E-state index contributed by atoms with van der Waals surface area (Å²) in [6.45, 7) is 8.26. The molecule has 2 bridgehead atoms. The van der Waals surface area contributed by atoms with Gasteiger partial charge in [-0.1, -0.05) is 26.0 Å². The van der Waals surface area contributed by atoms with E-state index in [0.29, 0.717) is 5.92 Å². The summed E-state index contributed by atoms with van der Waals surface area (Å²) < 4.78 is 0. The highest BCUT2D eigenvalue weighted by atomic mass is 16.4. The lowest BCUT2D eigenvalue weighted by molar-refractivity contribution is -0.146. The van der Waals surface area contributed by atoms with Crippen molar-refractivity contribution in [1.29, 1.82) is 0 Å². The molecule has 0 aliphatic heterocycles. The molecule has 0 radical (unpaired) electrons. The summed E-state index contributed by atoms with van der Waals surface area (Å²) >= 11 is 0. The Balaban J connectivity index is 2.46. The maximum atomic E-state index is 11.2. The van der Waals surface area contributed by atoms with Crippen LogP contribution in [-0.2, 0) is 4.79 Å². The largest absolute Gasteiger partial charge is 0.481 e. The Bertz CT molecular complexity index is 290. The molecule has 0 aromatic heterocycles. The van der Waals surface area contributed by atoms with E-state index >= 15 is 0 Å². The van der Waals surface area contributed by atoms with Gasteiger partial charge in [-0.3, -0.25) is 4.79 Å². The number of fused-ring (bicyclic) bond motifs is 2. The number of carbonyl (C=O) groups is 1. The van der Waals surface area contributed by atoms with Crippen molar-refractivity contribution in [1.82, 2.24) is 0 Å². The lowest BCUT2D eigenvalue weighted by Crippen LogP contribution is -2.33. The standard InChI is InChI=1S/C11H16O2/c1-7-10(2,3)8-4-5-11(7,6-8)9(12)13/h8H,1,4-6H2,2-3H3,(H,12,13). The molecule has 0 aromatic rings. The third kappa shape index (κ3) is 0.812. The van der Waals surface area contributed by atoms with Gasteiger partial charge in [0, 0.05) is 0 Å². The fourth-order valence-corrected chi connectivity index (χ4v) is 3.12. The predicted octanol–water partition coefficient (Wildman–Crippen LogP) is 2.45. The van der Waals surface area contributed by atoms with Crippen molar-refractivity contribution < 1.29 is 9.90 Å². The first-order chi connectivity index (χ1) is 5.91. The monoisotopic (exact) mass is 180 g/mol. The summed E-state index contributed by atoms with van der Waals surface area (Å²) in [5, 5.41) is 9.23. The van der Waals surface area contributed by atoms with Gasteiger partial charge in [-0.15, -0.1) is 0 Å². The molecule has 0 spiro atoms. The van der Waals surface area contributed by atoms with Crippen molar-refractivity contribution in [2.75, 3.05) is 0 Å². The van der Waals surface area contributed by atoms with Crippen LogP contribution in [0.2, 0.25) is 0 Å². The second kappa shape index (κ2) is 2.17. The molecular weight excluding hydrogens is 164 g/mol. The van der Waals surface area contributed by atoms with Crippen molar-refractivity contribution in [2.24, 2.45) is 16.7 Å². The number of carboxylic acids is 1. The van der Waals surface area contributed by atoms with Crippen molar-refractivity contribution in [3.05, 3.63) is 12.2 Å². The summed E-state index contributed by atoms with van der Waals surface area (Å²) in [5.74, 6) is -0.123. The summed E-state index contributed by atoms with van der Waals surface area (Å²) in [7, 11) is 0. The minimum atomic E-state index is -0.662. The van der Waals surface area contributed by atoms with Gasteiger partial charge in [-0.2, -0.15) is 0 Å². The van der Waals surface area contributed by atoms with Crippen LogP contribution in [0.4, 0.5) is 0 Å². The van der Waals surface area contributed by atoms with Crippen LogP contribution in [0.25, 0.3) is 0 Å². The smallest absolute Gasteiger partial charge is 0.313 e. The minimum absolute atomic E-state index is 0.0383. The highest BCUT2D eigenvalue weighted by molar-refractivity contribution is 5.80. The molecule has 2 aliphatic rings. The van der Waals surface area contributed by atoms with Crippen molar-refractivity contribution >= 4 is 5.97 Å². The van der Waals surface area contributed by atoms with Gasteiger partial charge >= 0.3 is 5.97 Å². The van der Waals surface area contributed by atoms with Crippen molar-refractivity contribution in [3.8, 4) is 0 Å². The van der Waals surface area contributed by atoms with Gasteiger partial charge in [-0.05, 0) is 30.6 Å². The Hall–Kier alpha value is -0.790. The van der Waals surface area contributed by atoms with E-state index in [4.69, 9.17) is 0 Å². The molecule has 2 rings (SSSR count). The summed E-state index contributed by atoms with van der Waals surface area (Å²) in [5.41, 5.74) is 0.411. The van der Waals surface area contributed by atoms with Crippen LogP contribution in [0.5, 0.6) is 0 Å². The number of hydrogen-bond donors (Lipinski definition) is 1. The normalized spacial score (nSPS) is 41.1. The number of aliphatic carboxylic acids is 1. The zero-order valence-electron chi connectivity index (χ0n) is 8.26. The first kappa shape index (κ1) is 8.79. The molecule has 2 fully saturated rings. The third-order valence-electron chi connectivity index (χ3n) is 4.30. The second-order valence-corrected chi connectivity index (χ2v) is 5.03. The quantitative estimate of drug-likeness (QED) is 0.629. The maximum Gasteiger partial charge on any atom is 0.313 e. The molecule has 2 heteroatoms. The molecule has 2 unspecified atom stereocenters. The van der Waals surface area contributed by atoms with Gasteiger partial charge in [-0.25, -0.2) is 0 Å². The number of rotatable bonds is 1. The maximum absolute atomic E-state index is 11.2. The van der Waals surface area contributed by atoms with Crippen LogP contribution in [0.3, 0.4) is 0 Å². The molecule has 0 heterocycles. The molecule has 0 saturated heterocycles. The SMILES string of the molecule is C=C1C2(C(=O)O)CCC(C2)C1(C)C. The van der Waals surface area contributed by atoms with E-state index in [1.807, 2.05) is 0 Å². The fourth-order valence-electron chi connectivity index (χ4n) is 3.12. The summed E-state index contributed by atoms with van der Waals surface area (Å²) in [6, 6.07) is 0. The zero-order valence-corrected chi connectivity index (χ0v) is 8.26. The molecule has 1 N–H and O–H groups in total. The number of carboxylic acid groups (broad SMARTS) is 1. The average Bonchev–Trinajstić information content (AvgIpc) is 2.53.